The predicted molar refractivity (Wildman–Crippen MR) is 120 cm³/mol. The van der Waals surface area contributed by atoms with Crippen molar-refractivity contribution in [2.45, 2.75) is 25.3 Å². The number of amides is 3. The highest BCUT2D eigenvalue weighted by Crippen LogP contribution is 2.38. The molecule has 7 nitrogen and oxygen atoms in total. The molecule has 31 heavy (non-hydrogen) atoms. The van der Waals surface area contributed by atoms with E-state index >= 15 is 0 Å². The Bertz CT molecular complexity index is 1050. The molecule has 0 aromatic heterocycles. The first kappa shape index (κ1) is 21.3. The van der Waals surface area contributed by atoms with E-state index in [-0.39, 0.29) is 18.5 Å². The molecule has 2 aliphatic rings. The maximum atomic E-state index is 12.5. The second-order valence-corrected chi connectivity index (χ2v) is 8.51. The van der Waals surface area contributed by atoms with Crippen molar-refractivity contribution >= 4 is 40.7 Å². The van der Waals surface area contributed by atoms with Gasteiger partial charge >= 0.3 is 11.8 Å². The quantitative estimate of drug-likeness (QED) is 0.700. The summed E-state index contributed by atoms with van der Waals surface area (Å²) < 4.78 is 0. The molecule has 3 amide bonds. The number of likely N-dealkylation sites (N-methyl/N-ethyl adjacent to an activating group) is 1. The number of benzene rings is 2. The highest BCUT2D eigenvalue weighted by Gasteiger charge is 2.31. The minimum absolute atomic E-state index is 0.149. The third-order valence-corrected chi connectivity index (χ3v) is 6.20. The van der Waals surface area contributed by atoms with Crippen LogP contribution in [0.15, 0.2) is 36.4 Å². The lowest BCUT2D eigenvalue weighted by molar-refractivity contribution is -0.136. The normalized spacial score (nSPS) is 15.6. The van der Waals surface area contributed by atoms with Crippen molar-refractivity contribution in [2.75, 3.05) is 37.4 Å². The number of halogens is 1. The fourth-order valence-corrected chi connectivity index (χ4v) is 4.57. The first-order valence-electron chi connectivity index (χ1n) is 10.3. The molecular formula is C23H25ClN4O3. The van der Waals surface area contributed by atoms with E-state index < -0.39 is 11.8 Å². The Morgan fingerprint density at radius 1 is 1.10 bits per heavy atom. The number of rotatable bonds is 5. The zero-order valence-electron chi connectivity index (χ0n) is 17.6. The van der Waals surface area contributed by atoms with Crippen LogP contribution in [0, 0.1) is 0 Å². The van der Waals surface area contributed by atoms with E-state index in [0.29, 0.717) is 30.1 Å². The zero-order chi connectivity index (χ0) is 22.1. The van der Waals surface area contributed by atoms with Gasteiger partial charge in [0.25, 0.3) is 0 Å². The lowest BCUT2D eigenvalue weighted by Gasteiger charge is -2.26. The van der Waals surface area contributed by atoms with Crippen molar-refractivity contribution < 1.29 is 14.4 Å². The third-order valence-electron chi connectivity index (χ3n) is 5.86. The minimum atomic E-state index is -0.717. The maximum absolute atomic E-state index is 12.5. The van der Waals surface area contributed by atoms with E-state index in [1.54, 1.807) is 6.07 Å². The molecule has 1 unspecified atom stereocenters. The zero-order valence-corrected chi connectivity index (χ0v) is 18.3. The van der Waals surface area contributed by atoms with Crippen LogP contribution in [0.3, 0.4) is 0 Å². The molecule has 0 spiro atoms. The molecule has 0 fully saturated rings. The smallest absolute Gasteiger partial charge is 0.313 e. The van der Waals surface area contributed by atoms with E-state index in [4.69, 9.17) is 11.6 Å². The van der Waals surface area contributed by atoms with Gasteiger partial charge < -0.3 is 20.4 Å². The molecule has 0 saturated heterocycles. The first-order chi connectivity index (χ1) is 14.8. The molecule has 2 aliphatic heterocycles. The van der Waals surface area contributed by atoms with Crippen LogP contribution in [-0.4, -0.2) is 49.8 Å². The molecule has 2 N–H and O–H groups in total. The second-order valence-electron chi connectivity index (χ2n) is 8.10. The van der Waals surface area contributed by atoms with E-state index in [2.05, 4.69) is 10.6 Å². The Kier molecular flexibility index (Phi) is 5.98. The Morgan fingerprint density at radius 2 is 1.81 bits per heavy atom. The van der Waals surface area contributed by atoms with Gasteiger partial charge in [-0.2, -0.15) is 0 Å². The lowest BCUT2D eigenvalue weighted by Crippen LogP contribution is -2.40. The fraction of sp³-hybridized carbons (Fsp3) is 0.348. The van der Waals surface area contributed by atoms with Crippen LogP contribution in [0.1, 0.15) is 29.2 Å². The van der Waals surface area contributed by atoms with Gasteiger partial charge in [-0.1, -0.05) is 29.8 Å². The van der Waals surface area contributed by atoms with Crippen molar-refractivity contribution in [2.24, 2.45) is 0 Å². The third kappa shape index (κ3) is 4.29. The standard InChI is InChI=1S/C23H25ClN4O3/c1-27(2)19(17-5-3-4-6-18(17)24)13-25-22(30)23(31)26-16-11-14-7-8-20(29)28-10-9-15(12-16)21(14)28/h3-6,11-12,19H,7-10,13H2,1-2H3,(H,25,30)(H,26,31). The minimum Gasteiger partial charge on any atom is -0.346 e. The van der Waals surface area contributed by atoms with E-state index in [1.807, 2.05) is 54.2 Å². The molecule has 0 radical (unpaired) electrons. The Balaban J connectivity index is 1.42. The molecule has 2 aromatic carbocycles. The predicted octanol–water partition coefficient (Wildman–Crippen LogP) is 2.53. The summed E-state index contributed by atoms with van der Waals surface area (Å²) in [5, 5.41) is 6.03. The fourth-order valence-electron chi connectivity index (χ4n) is 4.30. The number of nitrogens with one attached hydrogen (secondary N) is 2. The van der Waals surface area contributed by atoms with E-state index in [9.17, 15) is 14.4 Å². The molecule has 2 aromatic rings. The van der Waals surface area contributed by atoms with E-state index in [0.717, 1.165) is 28.8 Å². The summed E-state index contributed by atoms with van der Waals surface area (Å²) in [6.07, 6.45) is 1.88. The second kappa shape index (κ2) is 8.69. The van der Waals surface area contributed by atoms with Gasteiger partial charge in [0.1, 0.15) is 0 Å². The van der Waals surface area contributed by atoms with Gasteiger partial charge in [0, 0.05) is 30.2 Å². The topological polar surface area (TPSA) is 81.8 Å². The number of nitrogens with zero attached hydrogens (tertiary/aromatic N) is 2. The SMILES string of the molecule is CN(C)C(CNC(=O)C(=O)Nc1cc2c3c(c1)CCN3C(=O)CC2)c1ccccc1Cl. The maximum Gasteiger partial charge on any atom is 0.313 e. The summed E-state index contributed by atoms with van der Waals surface area (Å²) in [5.74, 6) is -1.27. The number of carbonyl (C=O) groups is 3. The highest BCUT2D eigenvalue weighted by atomic mass is 35.5. The van der Waals surface area contributed by atoms with E-state index in [1.165, 1.54) is 0 Å². The van der Waals surface area contributed by atoms with Crippen molar-refractivity contribution in [3.63, 3.8) is 0 Å². The van der Waals surface area contributed by atoms with Gasteiger partial charge in [0.2, 0.25) is 5.91 Å². The summed E-state index contributed by atoms with van der Waals surface area (Å²) in [4.78, 5) is 40.8. The molecule has 1 atom stereocenters. The highest BCUT2D eigenvalue weighted by molar-refractivity contribution is 6.39. The molecule has 0 bridgehead atoms. The summed E-state index contributed by atoms with van der Waals surface area (Å²) in [5.41, 5.74) is 4.52. The number of anilines is 2. The van der Waals surface area contributed by atoms with Crippen LogP contribution < -0.4 is 15.5 Å². The molecule has 0 aliphatic carbocycles. The van der Waals surface area contributed by atoms with Crippen LogP contribution in [-0.2, 0) is 27.2 Å². The first-order valence-corrected chi connectivity index (χ1v) is 10.7. The number of carbonyl (C=O) groups excluding carboxylic acids is 3. The Hall–Kier alpha value is -2.90. The van der Waals surface area contributed by atoms with Gasteiger partial charge in [-0.3, -0.25) is 14.4 Å². The monoisotopic (exact) mass is 440 g/mol. The van der Waals surface area contributed by atoms with Crippen molar-refractivity contribution in [3.05, 3.63) is 58.1 Å². The van der Waals surface area contributed by atoms with Crippen molar-refractivity contribution in [1.29, 1.82) is 0 Å². The van der Waals surface area contributed by atoms with Crippen molar-refractivity contribution in [1.82, 2.24) is 10.2 Å². The summed E-state index contributed by atoms with van der Waals surface area (Å²) in [7, 11) is 3.79. The van der Waals surface area contributed by atoms with Gasteiger partial charge in [-0.05, 0) is 61.8 Å². The van der Waals surface area contributed by atoms with Crippen molar-refractivity contribution in [3.8, 4) is 0 Å². The van der Waals surface area contributed by atoms with Crippen LogP contribution in [0.25, 0.3) is 0 Å². The largest absolute Gasteiger partial charge is 0.346 e. The average Bonchev–Trinajstić information content (AvgIpc) is 3.17. The average molecular weight is 441 g/mol. The molecule has 8 heteroatoms. The molecule has 162 valence electrons. The lowest BCUT2D eigenvalue weighted by atomic mass is 9.98. The molecular weight excluding hydrogens is 416 g/mol. The van der Waals surface area contributed by atoms with Gasteiger partial charge in [-0.15, -0.1) is 0 Å². The van der Waals surface area contributed by atoms with Gasteiger partial charge in [-0.25, -0.2) is 0 Å². The number of hydrogen-bond acceptors (Lipinski definition) is 4. The van der Waals surface area contributed by atoms with Gasteiger partial charge in [0.05, 0.1) is 11.7 Å². The molecule has 0 saturated carbocycles. The van der Waals surface area contributed by atoms with Crippen LogP contribution in [0.4, 0.5) is 11.4 Å². The summed E-state index contributed by atoms with van der Waals surface area (Å²) in [6, 6.07) is 11.0. The Labute approximate surface area is 186 Å². The van der Waals surface area contributed by atoms with Crippen LogP contribution in [0.5, 0.6) is 0 Å². The van der Waals surface area contributed by atoms with Gasteiger partial charge in [0.15, 0.2) is 0 Å². The number of aryl methyl sites for hydroxylation is 1. The van der Waals surface area contributed by atoms with Crippen LogP contribution in [0.2, 0.25) is 5.02 Å². The number of hydrogen-bond donors (Lipinski definition) is 2. The Morgan fingerprint density at radius 3 is 2.52 bits per heavy atom. The molecule has 2 heterocycles. The van der Waals surface area contributed by atoms with Crippen LogP contribution >= 0.6 is 11.6 Å². The molecule has 4 rings (SSSR count). The summed E-state index contributed by atoms with van der Waals surface area (Å²) >= 11 is 6.30. The summed E-state index contributed by atoms with van der Waals surface area (Å²) in [6.45, 7) is 0.919.